The van der Waals surface area contributed by atoms with Crippen LogP contribution in [0.15, 0.2) is 0 Å². The van der Waals surface area contributed by atoms with Crippen molar-refractivity contribution in [1.29, 1.82) is 0 Å². The van der Waals surface area contributed by atoms with Gasteiger partial charge in [-0.25, -0.2) is 0 Å². The van der Waals surface area contributed by atoms with Crippen LogP contribution in [0.3, 0.4) is 0 Å². The van der Waals surface area contributed by atoms with Crippen molar-refractivity contribution in [3.05, 3.63) is 0 Å². The van der Waals surface area contributed by atoms with E-state index < -0.39 is 0 Å². The molecule has 1 aliphatic rings. The summed E-state index contributed by atoms with van der Waals surface area (Å²) in [6.07, 6.45) is 4.69. The van der Waals surface area contributed by atoms with E-state index >= 15 is 0 Å². The molecule has 2 unspecified atom stereocenters. The molecule has 0 aromatic carbocycles. The van der Waals surface area contributed by atoms with Crippen LogP contribution < -0.4 is 0 Å². The number of aldehydes is 1. The van der Waals surface area contributed by atoms with Crippen LogP contribution in [-0.2, 0) is 9.53 Å². The SMILES string of the molecule is CCC(C)(C=O)CN(C)CC1CCCO1. The molecule has 2 atom stereocenters. The number of likely N-dealkylation sites (N-methyl/N-ethyl adjacent to an activating group) is 1. The molecule has 0 bridgehead atoms. The van der Waals surface area contributed by atoms with E-state index in [-0.39, 0.29) is 5.41 Å². The first-order valence-electron chi connectivity index (χ1n) is 5.86. The van der Waals surface area contributed by atoms with Crippen LogP contribution in [0.4, 0.5) is 0 Å². The van der Waals surface area contributed by atoms with E-state index in [2.05, 4.69) is 18.9 Å². The van der Waals surface area contributed by atoms with Crippen LogP contribution in [0.25, 0.3) is 0 Å². The fourth-order valence-electron chi connectivity index (χ4n) is 2.05. The summed E-state index contributed by atoms with van der Waals surface area (Å²) in [5.74, 6) is 0. The van der Waals surface area contributed by atoms with E-state index in [1.54, 1.807) is 0 Å². The van der Waals surface area contributed by atoms with Gasteiger partial charge in [-0.2, -0.15) is 0 Å². The molecule has 0 spiro atoms. The number of hydrogen-bond donors (Lipinski definition) is 0. The van der Waals surface area contributed by atoms with Crippen molar-refractivity contribution in [1.82, 2.24) is 4.90 Å². The second kappa shape index (κ2) is 5.61. The minimum absolute atomic E-state index is 0.201. The van der Waals surface area contributed by atoms with E-state index in [0.29, 0.717) is 6.10 Å². The molecule has 1 heterocycles. The first kappa shape index (κ1) is 12.7. The molecule has 88 valence electrons. The Balaban J connectivity index is 2.33. The third kappa shape index (κ3) is 3.92. The Kier molecular flexibility index (Phi) is 4.74. The largest absolute Gasteiger partial charge is 0.377 e. The highest BCUT2D eigenvalue weighted by molar-refractivity contribution is 5.58. The highest BCUT2D eigenvalue weighted by atomic mass is 16.5. The second-order valence-corrected chi connectivity index (χ2v) is 4.96. The molecule has 1 rings (SSSR count). The quantitative estimate of drug-likeness (QED) is 0.629. The first-order valence-corrected chi connectivity index (χ1v) is 5.86. The molecule has 15 heavy (non-hydrogen) atoms. The van der Waals surface area contributed by atoms with Gasteiger partial charge in [0.05, 0.1) is 6.10 Å². The van der Waals surface area contributed by atoms with Crippen LogP contribution in [0, 0.1) is 5.41 Å². The smallest absolute Gasteiger partial charge is 0.127 e. The van der Waals surface area contributed by atoms with Gasteiger partial charge in [-0.15, -0.1) is 0 Å². The lowest BCUT2D eigenvalue weighted by Gasteiger charge is -2.29. The van der Waals surface area contributed by atoms with Gasteiger partial charge in [-0.05, 0) is 26.3 Å². The zero-order valence-corrected chi connectivity index (χ0v) is 10.2. The molecular weight excluding hydrogens is 190 g/mol. The van der Waals surface area contributed by atoms with Crippen LogP contribution in [-0.4, -0.2) is 44.0 Å². The average molecular weight is 213 g/mol. The number of carbonyl (C=O) groups excluding carboxylic acids is 1. The summed E-state index contributed by atoms with van der Waals surface area (Å²) in [5.41, 5.74) is -0.201. The lowest BCUT2D eigenvalue weighted by atomic mass is 9.89. The number of hydrogen-bond acceptors (Lipinski definition) is 3. The van der Waals surface area contributed by atoms with Gasteiger partial charge in [0.1, 0.15) is 6.29 Å². The molecule has 1 fully saturated rings. The summed E-state index contributed by atoms with van der Waals surface area (Å²) in [6.45, 7) is 6.76. The van der Waals surface area contributed by atoms with Crippen LogP contribution in [0.2, 0.25) is 0 Å². The van der Waals surface area contributed by atoms with Gasteiger partial charge in [0.25, 0.3) is 0 Å². The highest BCUT2D eigenvalue weighted by Gasteiger charge is 2.25. The Hall–Kier alpha value is -0.410. The second-order valence-electron chi connectivity index (χ2n) is 4.96. The molecule has 0 aromatic heterocycles. The average Bonchev–Trinajstić information content (AvgIpc) is 2.70. The predicted octanol–water partition coefficient (Wildman–Crippen LogP) is 1.71. The Labute approximate surface area is 92.8 Å². The molecule has 3 heteroatoms. The number of ether oxygens (including phenoxy) is 1. The summed E-state index contributed by atoms with van der Waals surface area (Å²) < 4.78 is 5.58. The molecule has 0 N–H and O–H groups in total. The van der Waals surface area contributed by atoms with Crippen molar-refractivity contribution in [2.45, 2.75) is 39.2 Å². The summed E-state index contributed by atoms with van der Waals surface area (Å²) in [6, 6.07) is 0. The van der Waals surface area contributed by atoms with Gasteiger partial charge < -0.3 is 14.4 Å². The number of carbonyl (C=O) groups is 1. The van der Waals surface area contributed by atoms with Crippen LogP contribution >= 0.6 is 0 Å². The third-order valence-electron chi connectivity index (χ3n) is 3.26. The Morgan fingerprint density at radius 2 is 2.33 bits per heavy atom. The molecule has 1 aliphatic heterocycles. The van der Waals surface area contributed by atoms with Crippen molar-refractivity contribution < 1.29 is 9.53 Å². The van der Waals surface area contributed by atoms with Crippen molar-refractivity contribution >= 4 is 6.29 Å². The topological polar surface area (TPSA) is 29.5 Å². The van der Waals surface area contributed by atoms with Crippen molar-refractivity contribution in [2.75, 3.05) is 26.7 Å². The van der Waals surface area contributed by atoms with E-state index in [1.165, 1.54) is 6.42 Å². The summed E-state index contributed by atoms with van der Waals surface area (Å²) >= 11 is 0. The van der Waals surface area contributed by atoms with E-state index in [9.17, 15) is 4.79 Å². The Morgan fingerprint density at radius 1 is 1.60 bits per heavy atom. The van der Waals surface area contributed by atoms with Gasteiger partial charge in [0, 0.05) is 25.1 Å². The minimum atomic E-state index is -0.201. The van der Waals surface area contributed by atoms with Crippen LogP contribution in [0.1, 0.15) is 33.1 Å². The maximum atomic E-state index is 11.0. The fourth-order valence-corrected chi connectivity index (χ4v) is 2.05. The molecule has 0 amide bonds. The maximum absolute atomic E-state index is 11.0. The Bertz CT molecular complexity index is 202. The minimum Gasteiger partial charge on any atom is -0.377 e. The van der Waals surface area contributed by atoms with Crippen LogP contribution in [0.5, 0.6) is 0 Å². The van der Waals surface area contributed by atoms with E-state index in [0.717, 1.165) is 38.8 Å². The summed E-state index contributed by atoms with van der Waals surface area (Å²) in [5, 5.41) is 0. The van der Waals surface area contributed by atoms with Crippen molar-refractivity contribution in [3.63, 3.8) is 0 Å². The molecule has 3 nitrogen and oxygen atoms in total. The van der Waals surface area contributed by atoms with Gasteiger partial charge >= 0.3 is 0 Å². The summed E-state index contributed by atoms with van der Waals surface area (Å²) in [4.78, 5) is 13.2. The standard InChI is InChI=1S/C12H23NO2/c1-4-12(2,10-14)9-13(3)8-11-6-5-7-15-11/h10-11H,4-9H2,1-3H3. The van der Waals surface area contributed by atoms with Crippen molar-refractivity contribution in [3.8, 4) is 0 Å². The molecule has 0 radical (unpaired) electrons. The third-order valence-corrected chi connectivity index (χ3v) is 3.26. The normalized spacial score (nSPS) is 25.5. The summed E-state index contributed by atoms with van der Waals surface area (Å²) in [7, 11) is 2.07. The first-order chi connectivity index (χ1) is 7.09. The van der Waals surface area contributed by atoms with E-state index in [1.807, 2.05) is 6.92 Å². The van der Waals surface area contributed by atoms with Gasteiger partial charge in [-0.1, -0.05) is 13.8 Å². The monoisotopic (exact) mass is 213 g/mol. The van der Waals surface area contributed by atoms with Gasteiger partial charge in [0.15, 0.2) is 0 Å². The molecule has 0 aliphatic carbocycles. The van der Waals surface area contributed by atoms with E-state index in [4.69, 9.17) is 4.74 Å². The zero-order valence-electron chi connectivity index (χ0n) is 10.2. The fraction of sp³-hybridized carbons (Fsp3) is 0.917. The predicted molar refractivity (Wildman–Crippen MR) is 60.9 cm³/mol. The van der Waals surface area contributed by atoms with Gasteiger partial charge in [-0.3, -0.25) is 0 Å². The maximum Gasteiger partial charge on any atom is 0.127 e. The molecule has 1 saturated heterocycles. The molecular formula is C12H23NO2. The number of nitrogens with zero attached hydrogens (tertiary/aromatic N) is 1. The van der Waals surface area contributed by atoms with Crippen molar-refractivity contribution in [2.24, 2.45) is 5.41 Å². The van der Waals surface area contributed by atoms with Gasteiger partial charge in [0.2, 0.25) is 0 Å². The molecule has 0 aromatic rings. The molecule has 0 saturated carbocycles. The highest BCUT2D eigenvalue weighted by Crippen LogP contribution is 2.20. The number of rotatable bonds is 6. The Morgan fingerprint density at radius 3 is 2.80 bits per heavy atom. The lowest BCUT2D eigenvalue weighted by Crippen LogP contribution is -2.38. The lowest BCUT2D eigenvalue weighted by molar-refractivity contribution is -0.116. The zero-order chi connectivity index (χ0) is 11.3.